The van der Waals surface area contributed by atoms with Gasteiger partial charge in [-0.05, 0) is 54.2 Å². The molecule has 0 saturated carbocycles. The molecule has 1 fully saturated rings. The van der Waals surface area contributed by atoms with Gasteiger partial charge in [0.05, 0.1) is 0 Å². The molecule has 1 N–H and O–H groups in total. The first-order valence-corrected chi connectivity index (χ1v) is 12.4. The Bertz CT molecular complexity index is 1120. The van der Waals surface area contributed by atoms with E-state index in [1.54, 1.807) is 0 Å². The zero-order valence-corrected chi connectivity index (χ0v) is 21.1. The van der Waals surface area contributed by atoms with Crippen LogP contribution < -0.4 is 10.3 Å². The van der Waals surface area contributed by atoms with Crippen LogP contribution in [0.5, 0.6) is 0 Å². The Kier molecular flexibility index (Phi) is 7.98. The fourth-order valence-corrected chi connectivity index (χ4v) is 4.70. The monoisotopic (exact) mass is 468 g/mol. The molecular formula is C30H36N4O. The Morgan fingerprint density at radius 3 is 2.09 bits per heavy atom. The van der Waals surface area contributed by atoms with Gasteiger partial charge in [-0.1, -0.05) is 74.5 Å². The first-order valence-electron chi connectivity index (χ1n) is 12.4. The summed E-state index contributed by atoms with van der Waals surface area (Å²) in [4.78, 5) is 17.5. The van der Waals surface area contributed by atoms with E-state index in [-0.39, 0.29) is 11.3 Å². The molecule has 1 aliphatic heterocycles. The molecule has 3 aromatic rings. The summed E-state index contributed by atoms with van der Waals surface area (Å²) in [6, 6.07) is 28.9. The van der Waals surface area contributed by atoms with Crippen LogP contribution >= 0.6 is 0 Å². The second kappa shape index (κ2) is 11.3. The number of carbonyl (C=O) groups excluding carboxylic acids is 1. The average molecular weight is 469 g/mol. The summed E-state index contributed by atoms with van der Waals surface area (Å²) in [6.07, 6.45) is 0.772. The SMILES string of the molecule is C/C(CC(C)(C)c1ccccc1)=N/NC(=O)c1ccc(CN2CCN(c3ccccc3)CC2)cc1. The number of benzene rings is 3. The van der Waals surface area contributed by atoms with E-state index in [0.717, 1.165) is 44.9 Å². The Hall–Kier alpha value is -3.44. The van der Waals surface area contributed by atoms with Crippen molar-refractivity contribution in [2.24, 2.45) is 5.10 Å². The lowest BCUT2D eigenvalue weighted by molar-refractivity contribution is 0.0954. The molecule has 0 aromatic heterocycles. The van der Waals surface area contributed by atoms with Gasteiger partial charge in [-0.25, -0.2) is 5.43 Å². The third-order valence-corrected chi connectivity index (χ3v) is 6.72. The van der Waals surface area contributed by atoms with Crippen molar-refractivity contribution < 1.29 is 4.79 Å². The molecule has 0 spiro atoms. The van der Waals surface area contributed by atoms with Crippen LogP contribution in [-0.2, 0) is 12.0 Å². The summed E-state index contributed by atoms with van der Waals surface area (Å²) in [5, 5.41) is 4.36. The van der Waals surface area contributed by atoms with Gasteiger partial charge in [-0.3, -0.25) is 9.69 Å². The highest BCUT2D eigenvalue weighted by Gasteiger charge is 2.21. The van der Waals surface area contributed by atoms with Gasteiger partial charge in [0.25, 0.3) is 5.91 Å². The van der Waals surface area contributed by atoms with Crippen LogP contribution in [0.4, 0.5) is 5.69 Å². The Morgan fingerprint density at radius 1 is 0.857 bits per heavy atom. The maximum absolute atomic E-state index is 12.6. The second-order valence-electron chi connectivity index (χ2n) is 10.0. The topological polar surface area (TPSA) is 47.9 Å². The van der Waals surface area contributed by atoms with Gasteiger partial charge in [0.1, 0.15) is 0 Å². The summed E-state index contributed by atoms with van der Waals surface area (Å²) in [7, 11) is 0. The summed E-state index contributed by atoms with van der Waals surface area (Å²) >= 11 is 0. The zero-order chi connectivity index (χ0) is 24.7. The number of nitrogens with zero attached hydrogens (tertiary/aromatic N) is 3. The second-order valence-corrected chi connectivity index (χ2v) is 10.0. The van der Waals surface area contributed by atoms with Crippen molar-refractivity contribution in [2.45, 2.75) is 39.2 Å². The molecule has 1 saturated heterocycles. The zero-order valence-electron chi connectivity index (χ0n) is 21.1. The largest absolute Gasteiger partial charge is 0.369 e. The summed E-state index contributed by atoms with van der Waals surface area (Å²) < 4.78 is 0. The van der Waals surface area contributed by atoms with Crippen molar-refractivity contribution in [3.63, 3.8) is 0 Å². The molecule has 35 heavy (non-hydrogen) atoms. The minimum Gasteiger partial charge on any atom is -0.369 e. The highest BCUT2D eigenvalue weighted by molar-refractivity contribution is 5.95. The minimum absolute atomic E-state index is 0.0478. The quantitative estimate of drug-likeness (QED) is 0.352. The van der Waals surface area contributed by atoms with Gasteiger partial charge >= 0.3 is 0 Å². The average Bonchev–Trinajstić information content (AvgIpc) is 2.89. The lowest BCUT2D eigenvalue weighted by atomic mass is 9.80. The van der Waals surface area contributed by atoms with E-state index in [1.807, 2.05) is 37.3 Å². The summed E-state index contributed by atoms with van der Waals surface area (Å²) in [6.45, 7) is 11.4. The molecule has 0 atom stereocenters. The normalized spacial score (nSPS) is 15.2. The molecule has 5 nitrogen and oxygen atoms in total. The van der Waals surface area contributed by atoms with Crippen molar-refractivity contribution in [3.8, 4) is 0 Å². The fourth-order valence-electron chi connectivity index (χ4n) is 4.70. The number of amides is 1. The van der Waals surface area contributed by atoms with Crippen LogP contribution in [0.3, 0.4) is 0 Å². The molecule has 1 aliphatic rings. The fraction of sp³-hybridized carbons (Fsp3) is 0.333. The Labute approximate surface area is 209 Å². The van der Waals surface area contributed by atoms with Crippen molar-refractivity contribution in [2.75, 3.05) is 31.1 Å². The van der Waals surface area contributed by atoms with Crippen molar-refractivity contribution in [1.82, 2.24) is 10.3 Å². The highest BCUT2D eigenvalue weighted by Crippen LogP contribution is 2.27. The molecule has 5 heteroatoms. The molecular weight excluding hydrogens is 432 g/mol. The van der Waals surface area contributed by atoms with Gasteiger partial charge in [-0.15, -0.1) is 0 Å². The van der Waals surface area contributed by atoms with Gasteiger partial charge < -0.3 is 4.90 Å². The molecule has 1 heterocycles. The number of rotatable bonds is 8. The van der Waals surface area contributed by atoms with Crippen LogP contribution in [-0.4, -0.2) is 42.7 Å². The van der Waals surface area contributed by atoms with E-state index < -0.39 is 0 Å². The first kappa shape index (κ1) is 24.7. The van der Waals surface area contributed by atoms with E-state index in [4.69, 9.17) is 0 Å². The number of anilines is 1. The number of piperazine rings is 1. The van der Waals surface area contributed by atoms with Crippen LogP contribution in [0.25, 0.3) is 0 Å². The smallest absolute Gasteiger partial charge is 0.271 e. The molecule has 0 radical (unpaired) electrons. The third kappa shape index (κ3) is 6.80. The van der Waals surface area contributed by atoms with E-state index >= 15 is 0 Å². The van der Waals surface area contributed by atoms with Crippen molar-refractivity contribution >= 4 is 17.3 Å². The number of para-hydroxylation sites is 1. The molecule has 0 aliphatic carbocycles. The van der Waals surface area contributed by atoms with Crippen LogP contribution in [0, 0.1) is 0 Å². The van der Waals surface area contributed by atoms with Gasteiger partial charge in [0.2, 0.25) is 0 Å². The van der Waals surface area contributed by atoms with E-state index in [0.29, 0.717) is 5.56 Å². The summed E-state index contributed by atoms with van der Waals surface area (Å²) in [5.41, 5.74) is 7.99. The van der Waals surface area contributed by atoms with Crippen LogP contribution in [0.1, 0.15) is 48.7 Å². The Morgan fingerprint density at radius 2 is 1.46 bits per heavy atom. The van der Waals surface area contributed by atoms with E-state index in [2.05, 4.69) is 88.8 Å². The number of hydrogen-bond acceptors (Lipinski definition) is 4. The predicted molar refractivity (Wildman–Crippen MR) is 145 cm³/mol. The van der Waals surface area contributed by atoms with Crippen LogP contribution in [0.15, 0.2) is 90.0 Å². The third-order valence-electron chi connectivity index (χ3n) is 6.72. The van der Waals surface area contributed by atoms with Crippen molar-refractivity contribution in [1.29, 1.82) is 0 Å². The molecule has 0 unspecified atom stereocenters. The number of hydrogen-bond donors (Lipinski definition) is 1. The molecule has 0 bridgehead atoms. The Balaban J connectivity index is 1.26. The molecule has 4 rings (SSSR count). The maximum Gasteiger partial charge on any atom is 0.271 e. The van der Waals surface area contributed by atoms with E-state index in [9.17, 15) is 4.79 Å². The highest BCUT2D eigenvalue weighted by atomic mass is 16.2. The summed E-state index contributed by atoms with van der Waals surface area (Å²) in [5.74, 6) is -0.176. The van der Waals surface area contributed by atoms with Crippen molar-refractivity contribution in [3.05, 3.63) is 102 Å². The number of hydrazone groups is 1. The number of nitrogens with one attached hydrogen (secondary N) is 1. The van der Waals surface area contributed by atoms with Crippen LogP contribution in [0.2, 0.25) is 0 Å². The maximum atomic E-state index is 12.6. The minimum atomic E-state index is -0.176. The lowest BCUT2D eigenvalue weighted by Crippen LogP contribution is -2.45. The van der Waals surface area contributed by atoms with E-state index in [1.165, 1.54) is 16.8 Å². The predicted octanol–water partition coefficient (Wildman–Crippen LogP) is 5.48. The van der Waals surface area contributed by atoms with Gasteiger partial charge in [0.15, 0.2) is 0 Å². The standard InChI is InChI=1S/C30H36N4O/c1-24(22-30(2,3)27-10-6-4-7-11-27)31-32-29(35)26-16-14-25(15-17-26)23-33-18-20-34(21-19-33)28-12-8-5-9-13-28/h4-17H,18-23H2,1-3H3,(H,32,35)/b31-24-. The lowest BCUT2D eigenvalue weighted by Gasteiger charge is -2.36. The molecule has 182 valence electrons. The molecule has 3 aromatic carbocycles. The van der Waals surface area contributed by atoms with Gasteiger partial charge in [-0.2, -0.15) is 5.10 Å². The van der Waals surface area contributed by atoms with Gasteiger partial charge in [0, 0.05) is 49.7 Å². The number of carbonyl (C=O) groups is 1. The molecule has 1 amide bonds. The first-order chi connectivity index (χ1) is 16.9.